The van der Waals surface area contributed by atoms with Gasteiger partial charge in [0.05, 0.1) is 5.69 Å². The van der Waals surface area contributed by atoms with Crippen LogP contribution < -0.4 is 5.73 Å². The van der Waals surface area contributed by atoms with Crippen LogP contribution >= 0.6 is 0 Å². The number of carbonyl (C=O) groups is 1. The van der Waals surface area contributed by atoms with Gasteiger partial charge in [0.25, 0.3) is 5.91 Å². The molecule has 2 N–H and O–H groups in total. The van der Waals surface area contributed by atoms with Crippen molar-refractivity contribution in [1.82, 2.24) is 4.90 Å². The summed E-state index contributed by atoms with van der Waals surface area (Å²) in [4.78, 5) is 14.0. The summed E-state index contributed by atoms with van der Waals surface area (Å²) in [7, 11) is 1.69. The molecule has 1 aromatic carbocycles. The van der Waals surface area contributed by atoms with Gasteiger partial charge in [-0.3, -0.25) is 4.79 Å². The first-order chi connectivity index (χ1) is 9.11. The van der Waals surface area contributed by atoms with Gasteiger partial charge in [0.2, 0.25) is 0 Å². The lowest BCUT2D eigenvalue weighted by Crippen LogP contribution is -2.39. The van der Waals surface area contributed by atoms with Crippen LogP contribution in [0.15, 0.2) is 18.2 Å². The highest BCUT2D eigenvalue weighted by Gasteiger charge is 2.23. The molecular weight excluding hydrogens is 247 g/mol. The summed E-state index contributed by atoms with van der Waals surface area (Å²) in [6, 6.07) is 4.12. The zero-order chi connectivity index (χ0) is 13.8. The lowest BCUT2D eigenvalue weighted by molar-refractivity contribution is 0.0613. The maximum absolute atomic E-state index is 13.1. The molecule has 4 nitrogen and oxygen atoms in total. The average Bonchev–Trinajstić information content (AvgIpc) is 2.42. The summed E-state index contributed by atoms with van der Waals surface area (Å²) >= 11 is 0. The van der Waals surface area contributed by atoms with Crippen molar-refractivity contribution in [3.63, 3.8) is 0 Å². The number of piperidine rings is 1. The second kappa shape index (κ2) is 6.02. The molecule has 5 heteroatoms. The third-order valence-corrected chi connectivity index (χ3v) is 3.55. The summed E-state index contributed by atoms with van der Waals surface area (Å²) < 4.78 is 18.2. The topological polar surface area (TPSA) is 55.6 Å². The van der Waals surface area contributed by atoms with E-state index in [1.807, 2.05) is 0 Å². The number of ether oxygens (including phenoxy) is 1. The molecule has 0 aliphatic carbocycles. The van der Waals surface area contributed by atoms with Gasteiger partial charge in [-0.25, -0.2) is 4.39 Å². The van der Waals surface area contributed by atoms with Crippen molar-refractivity contribution >= 4 is 11.6 Å². The van der Waals surface area contributed by atoms with Gasteiger partial charge < -0.3 is 15.4 Å². The molecule has 0 spiro atoms. The third kappa shape index (κ3) is 3.23. The van der Waals surface area contributed by atoms with Crippen molar-refractivity contribution in [1.29, 1.82) is 0 Å². The van der Waals surface area contributed by atoms with Gasteiger partial charge in [0.1, 0.15) is 5.82 Å². The molecule has 1 aromatic rings. The van der Waals surface area contributed by atoms with Crippen LogP contribution in [-0.4, -0.2) is 37.6 Å². The number of hydrogen-bond acceptors (Lipinski definition) is 3. The normalized spacial score (nSPS) is 16.6. The maximum atomic E-state index is 13.1. The monoisotopic (exact) mass is 266 g/mol. The molecular formula is C14H19FN2O2. The summed E-state index contributed by atoms with van der Waals surface area (Å²) in [5, 5.41) is 0. The van der Waals surface area contributed by atoms with Gasteiger partial charge in [0.15, 0.2) is 0 Å². The number of nitrogen functional groups attached to an aromatic ring is 1. The first kappa shape index (κ1) is 13.8. The maximum Gasteiger partial charge on any atom is 0.253 e. The van der Waals surface area contributed by atoms with Crippen molar-refractivity contribution in [3.8, 4) is 0 Å². The van der Waals surface area contributed by atoms with Crippen LogP contribution in [-0.2, 0) is 4.74 Å². The van der Waals surface area contributed by atoms with Gasteiger partial charge in [-0.1, -0.05) is 0 Å². The Balaban J connectivity index is 1.99. The molecule has 1 saturated heterocycles. The number of nitrogens with two attached hydrogens (primary N) is 1. The second-order valence-electron chi connectivity index (χ2n) is 4.93. The van der Waals surface area contributed by atoms with Crippen LogP contribution in [0.3, 0.4) is 0 Å². The zero-order valence-electron chi connectivity index (χ0n) is 11.1. The van der Waals surface area contributed by atoms with Crippen LogP contribution in [0.25, 0.3) is 0 Å². The molecule has 0 atom stereocenters. The van der Waals surface area contributed by atoms with Crippen LogP contribution in [0, 0.1) is 11.7 Å². The molecule has 104 valence electrons. The fraction of sp³-hybridized carbons (Fsp3) is 0.500. The fourth-order valence-corrected chi connectivity index (χ4v) is 2.40. The fourth-order valence-electron chi connectivity index (χ4n) is 2.40. The lowest BCUT2D eigenvalue weighted by Gasteiger charge is -2.31. The molecule has 0 saturated carbocycles. The van der Waals surface area contributed by atoms with E-state index in [0.717, 1.165) is 19.4 Å². The summed E-state index contributed by atoms with van der Waals surface area (Å²) in [6.07, 6.45) is 1.88. The van der Waals surface area contributed by atoms with E-state index < -0.39 is 5.82 Å². The van der Waals surface area contributed by atoms with Crippen LogP contribution in [0.1, 0.15) is 23.2 Å². The zero-order valence-corrected chi connectivity index (χ0v) is 11.1. The van der Waals surface area contributed by atoms with E-state index >= 15 is 0 Å². The van der Waals surface area contributed by atoms with E-state index in [1.165, 1.54) is 18.2 Å². The Morgan fingerprint density at radius 2 is 2.16 bits per heavy atom. The molecule has 1 amide bonds. The minimum Gasteiger partial charge on any atom is -0.396 e. The Bertz CT molecular complexity index is 457. The quantitative estimate of drug-likeness (QED) is 0.850. The largest absolute Gasteiger partial charge is 0.396 e. The molecule has 1 aliphatic heterocycles. The van der Waals surface area contributed by atoms with E-state index in [2.05, 4.69) is 0 Å². The SMILES string of the molecule is COCC1CCN(C(=O)c2ccc(F)c(N)c2)CC1. The predicted molar refractivity (Wildman–Crippen MR) is 71.3 cm³/mol. The summed E-state index contributed by atoms with van der Waals surface area (Å²) in [5.74, 6) is -0.0507. The standard InChI is InChI=1S/C14H19FN2O2/c1-19-9-10-4-6-17(7-5-10)14(18)11-2-3-12(15)13(16)8-11/h2-3,8,10H,4-7,9,16H2,1H3. The van der Waals surface area contributed by atoms with E-state index in [4.69, 9.17) is 10.5 Å². The summed E-state index contributed by atoms with van der Waals surface area (Å²) in [6.45, 7) is 2.17. The minimum atomic E-state index is -0.490. The van der Waals surface area contributed by atoms with Crippen molar-refractivity contribution in [2.45, 2.75) is 12.8 Å². The molecule has 1 heterocycles. The molecule has 0 radical (unpaired) electrons. The number of rotatable bonds is 3. The third-order valence-electron chi connectivity index (χ3n) is 3.55. The second-order valence-corrected chi connectivity index (χ2v) is 4.93. The van der Waals surface area contributed by atoms with Gasteiger partial charge in [-0.2, -0.15) is 0 Å². The average molecular weight is 266 g/mol. The van der Waals surface area contributed by atoms with E-state index in [1.54, 1.807) is 12.0 Å². The molecule has 1 fully saturated rings. The van der Waals surface area contributed by atoms with Crippen molar-refractivity contribution in [3.05, 3.63) is 29.6 Å². The minimum absolute atomic E-state index is 0.0140. The summed E-state index contributed by atoms with van der Waals surface area (Å²) in [5.41, 5.74) is 5.95. The van der Waals surface area contributed by atoms with E-state index in [-0.39, 0.29) is 11.6 Å². The Labute approximate surface area is 112 Å². The molecule has 1 aliphatic rings. The van der Waals surface area contributed by atoms with Crippen molar-refractivity contribution in [2.75, 3.05) is 32.5 Å². The van der Waals surface area contributed by atoms with Gasteiger partial charge in [-0.15, -0.1) is 0 Å². The number of carbonyl (C=O) groups excluding carboxylic acids is 1. The van der Waals surface area contributed by atoms with E-state index in [9.17, 15) is 9.18 Å². The Hall–Kier alpha value is -1.62. The highest BCUT2D eigenvalue weighted by molar-refractivity contribution is 5.95. The molecule has 0 unspecified atom stereocenters. The first-order valence-corrected chi connectivity index (χ1v) is 6.45. The number of hydrogen-bond donors (Lipinski definition) is 1. The molecule has 19 heavy (non-hydrogen) atoms. The number of nitrogens with zero attached hydrogens (tertiary/aromatic N) is 1. The van der Waals surface area contributed by atoms with Gasteiger partial charge >= 0.3 is 0 Å². The van der Waals surface area contributed by atoms with Crippen LogP contribution in [0.4, 0.5) is 10.1 Å². The Kier molecular flexibility index (Phi) is 4.37. The highest BCUT2D eigenvalue weighted by atomic mass is 19.1. The molecule has 0 aromatic heterocycles. The predicted octanol–water partition coefficient (Wildman–Crippen LogP) is 1.91. The number of likely N-dealkylation sites (tertiary alicyclic amines) is 1. The van der Waals surface area contributed by atoms with Gasteiger partial charge in [0, 0.05) is 32.4 Å². The Morgan fingerprint density at radius 3 is 2.74 bits per heavy atom. The molecule has 0 bridgehead atoms. The number of anilines is 1. The van der Waals surface area contributed by atoms with Crippen molar-refractivity contribution in [2.24, 2.45) is 5.92 Å². The lowest BCUT2D eigenvalue weighted by atomic mass is 9.97. The van der Waals surface area contributed by atoms with Gasteiger partial charge in [-0.05, 0) is 37.0 Å². The van der Waals surface area contributed by atoms with E-state index in [0.29, 0.717) is 24.6 Å². The number of halogens is 1. The highest BCUT2D eigenvalue weighted by Crippen LogP contribution is 2.20. The number of benzene rings is 1. The molecule has 2 rings (SSSR count). The number of methoxy groups -OCH3 is 1. The number of amides is 1. The first-order valence-electron chi connectivity index (χ1n) is 6.45. The van der Waals surface area contributed by atoms with Crippen LogP contribution in [0.5, 0.6) is 0 Å². The smallest absolute Gasteiger partial charge is 0.253 e. The van der Waals surface area contributed by atoms with Crippen molar-refractivity contribution < 1.29 is 13.9 Å². The Morgan fingerprint density at radius 1 is 1.47 bits per heavy atom. The van der Waals surface area contributed by atoms with Crippen LogP contribution in [0.2, 0.25) is 0 Å².